The number of anilines is 1. The van der Waals surface area contributed by atoms with Crippen molar-refractivity contribution >= 4 is 17.0 Å². The molecule has 1 saturated heterocycles. The Morgan fingerprint density at radius 3 is 2.69 bits per heavy atom. The first-order chi connectivity index (χ1) is 7.69. The van der Waals surface area contributed by atoms with Crippen molar-refractivity contribution in [3.05, 3.63) is 11.8 Å². The lowest BCUT2D eigenvalue weighted by Crippen LogP contribution is -2.40. The highest BCUT2D eigenvalue weighted by atomic mass is 32.2. The molecular weight excluding hydrogens is 226 g/mol. The van der Waals surface area contributed by atoms with Crippen molar-refractivity contribution in [2.75, 3.05) is 36.6 Å². The topological polar surface area (TPSA) is 61.3 Å². The van der Waals surface area contributed by atoms with Crippen LogP contribution in [0.1, 0.15) is 5.69 Å². The Labute approximate surface area is 98.0 Å². The van der Waals surface area contributed by atoms with E-state index in [9.17, 15) is 4.55 Å². The van der Waals surface area contributed by atoms with E-state index in [4.69, 9.17) is 4.74 Å². The summed E-state index contributed by atoms with van der Waals surface area (Å²) in [5.41, 5.74) is 0.883. The van der Waals surface area contributed by atoms with Gasteiger partial charge in [0.25, 0.3) is 0 Å². The molecule has 0 saturated carbocycles. The van der Waals surface area contributed by atoms with Crippen LogP contribution in [0.25, 0.3) is 0 Å². The standard InChI is InChI=1S/C10H15N3O2S/c1-8-7-9(12-10(11-8)15-2)13-3-5-16(14)6-4-13/h7H,3-6H2,1-2H3. The molecular formula is C10H15N3O2S. The lowest BCUT2D eigenvalue weighted by Gasteiger charge is -2.29. The Bertz CT molecular complexity index is 367. The number of methoxy groups -OCH3 is 1. The highest BCUT2D eigenvalue weighted by Crippen LogP contribution is 2.18. The van der Waals surface area contributed by atoms with E-state index in [2.05, 4.69) is 14.9 Å². The van der Waals surface area contributed by atoms with Crippen LogP contribution >= 0.6 is 0 Å². The smallest absolute Gasteiger partial charge is 0.318 e. The van der Waals surface area contributed by atoms with Crippen molar-refractivity contribution in [2.45, 2.75) is 6.92 Å². The van der Waals surface area contributed by atoms with Gasteiger partial charge in [0.1, 0.15) is 17.3 Å². The van der Waals surface area contributed by atoms with Gasteiger partial charge in [-0.3, -0.25) is 0 Å². The minimum absolute atomic E-state index is 0.390. The van der Waals surface area contributed by atoms with Gasteiger partial charge in [-0.15, -0.1) is 0 Å². The summed E-state index contributed by atoms with van der Waals surface area (Å²) < 4.78 is 16.3. The second-order valence-corrected chi connectivity index (χ2v) is 5.39. The van der Waals surface area contributed by atoms with E-state index in [-0.39, 0.29) is 0 Å². The zero-order chi connectivity index (χ0) is 11.5. The van der Waals surface area contributed by atoms with Crippen LogP contribution in [0.15, 0.2) is 6.07 Å². The molecule has 0 atom stereocenters. The molecule has 1 aliphatic heterocycles. The molecule has 0 radical (unpaired) electrons. The van der Waals surface area contributed by atoms with Gasteiger partial charge in [0, 0.05) is 11.8 Å². The average molecular weight is 241 g/mol. The first-order valence-electron chi connectivity index (χ1n) is 5.18. The van der Waals surface area contributed by atoms with E-state index >= 15 is 0 Å². The fourth-order valence-corrected chi connectivity index (χ4v) is 2.70. The van der Waals surface area contributed by atoms with E-state index in [1.165, 1.54) is 0 Å². The van der Waals surface area contributed by atoms with Crippen LogP contribution < -0.4 is 9.64 Å². The van der Waals surface area contributed by atoms with Gasteiger partial charge in [0.05, 0.1) is 20.2 Å². The predicted octanol–water partition coefficient (Wildman–Crippen LogP) is 0.362. The van der Waals surface area contributed by atoms with E-state index in [1.807, 2.05) is 13.0 Å². The SMILES string of the molecule is COc1nc(C)cc(N2CC[S+]([O-])CC2)n1. The molecule has 2 heterocycles. The lowest BCUT2D eigenvalue weighted by molar-refractivity contribution is 0.378. The molecule has 0 amide bonds. The van der Waals surface area contributed by atoms with Crippen molar-refractivity contribution in [3.63, 3.8) is 0 Å². The summed E-state index contributed by atoms with van der Waals surface area (Å²) in [7, 11) is 1.56. The zero-order valence-electron chi connectivity index (χ0n) is 9.47. The zero-order valence-corrected chi connectivity index (χ0v) is 10.3. The van der Waals surface area contributed by atoms with Crippen LogP contribution in [0.5, 0.6) is 6.01 Å². The Balaban J connectivity index is 2.16. The maximum atomic E-state index is 11.3. The molecule has 0 N–H and O–H groups in total. The van der Waals surface area contributed by atoms with Gasteiger partial charge in [-0.1, -0.05) is 11.2 Å². The normalized spacial score (nSPS) is 17.6. The van der Waals surface area contributed by atoms with E-state index < -0.39 is 11.2 Å². The molecule has 1 fully saturated rings. The molecule has 5 nitrogen and oxygen atoms in total. The minimum Gasteiger partial charge on any atom is -0.616 e. The number of aromatic nitrogens is 2. The van der Waals surface area contributed by atoms with Crippen LogP contribution in [-0.4, -0.2) is 46.2 Å². The second-order valence-electron chi connectivity index (χ2n) is 3.69. The molecule has 16 heavy (non-hydrogen) atoms. The van der Waals surface area contributed by atoms with Crippen molar-refractivity contribution in [1.82, 2.24) is 9.97 Å². The molecule has 88 valence electrons. The Hall–Kier alpha value is -1.01. The van der Waals surface area contributed by atoms with Crippen LogP contribution in [0.4, 0.5) is 5.82 Å². The number of ether oxygens (including phenoxy) is 1. The predicted molar refractivity (Wildman–Crippen MR) is 63.4 cm³/mol. The number of nitrogens with zero attached hydrogens (tertiary/aromatic N) is 3. The van der Waals surface area contributed by atoms with Crippen molar-refractivity contribution < 1.29 is 9.29 Å². The monoisotopic (exact) mass is 241 g/mol. The molecule has 0 bridgehead atoms. The maximum Gasteiger partial charge on any atom is 0.318 e. The van der Waals surface area contributed by atoms with Crippen molar-refractivity contribution in [2.24, 2.45) is 0 Å². The van der Waals surface area contributed by atoms with Crippen molar-refractivity contribution in [3.8, 4) is 6.01 Å². The van der Waals surface area contributed by atoms with Crippen LogP contribution in [0.2, 0.25) is 0 Å². The van der Waals surface area contributed by atoms with Gasteiger partial charge in [0.15, 0.2) is 0 Å². The summed E-state index contributed by atoms with van der Waals surface area (Å²) >= 11 is -0.663. The van der Waals surface area contributed by atoms with Gasteiger partial charge in [-0.2, -0.15) is 4.98 Å². The third-order valence-corrected chi connectivity index (χ3v) is 3.78. The molecule has 0 unspecified atom stereocenters. The van der Waals surface area contributed by atoms with Crippen molar-refractivity contribution in [1.29, 1.82) is 0 Å². The van der Waals surface area contributed by atoms with Gasteiger partial charge < -0.3 is 14.2 Å². The first-order valence-corrected chi connectivity index (χ1v) is 6.67. The molecule has 0 aromatic carbocycles. The lowest BCUT2D eigenvalue weighted by atomic mass is 10.4. The number of rotatable bonds is 2. The fourth-order valence-electron chi connectivity index (χ4n) is 1.65. The third kappa shape index (κ3) is 2.56. The highest BCUT2D eigenvalue weighted by Gasteiger charge is 2.21. The summed E-state index contributed by atoms with van der Waals surface area (Å²) in [6.07, 6.45) is 0. The quantitative estimate of drug-likeness (QED) is 0.700. The molecule has 2 rings (SSSR count). The van der Waals surface area contributed by atoms with E-state index in [1.54, 1.807) is 7.11 Å². The maximum absolute atomic E-state index is 11.3. The second kappa shape index (κ2) is 4.88. The fraction of sp³-hybridized carbons (Fsp3) is 0.600. The molecule has 1 aromatic rings. The summed E-state index contributed by atoms with van der Waals surface area (Å²) in [5, 5.41) is 0. The number of hydrogen-bond acceptors (Lipinski definition) is 5. The molecule has 6 heteroatoms. The van der Waals surface area contributed by atoms with Gasteiger partial charge in [-0.05, 0) is 6.92 Å². The Kier molecular flexibility index (Phi) is 3.50. The largest absolute Gasteiger partial charge is 0.616 e. The van der Waals surface area contributed by atoms with Crippen LogP contribution in [-0.2, 0) is 11.2 Å². The summed E-state index contributed by atoms with van der Waals surface area (Å²) in [5.74, 6) is 2.29. The first kappa shape index (κ1) is 11.5. The van der Waals surface area contributed by atoms with Gasteiger partial charge >= 0.3 is 6.01 Å². The molecule has 0 spiro atoms. The third-order valence-electron chi connectivity index (χ3n) is 2.50. The number of hydrogen-bond donors (Lipinski definition) is 0. The van der Waals surface area contributed by atoms with E-state index in [0.717, 1.165) is 24.6 Å². The number of aryl methyl sites for hydroxylation is 1. The van der Waals surface area contributed by atoms with Gasteiger partial charge in [0.2, 0.25) is 0 Å². The summed E-state index contributed by atoms with van der Waals surface area (Å²) in [6.45, 7) is 3.48. The molecule has 1 aliphatic rings. The van der Waals surface area contributed by atoms with Crippen LogP contribution in [0, 0.1) is 6.92 Å². The minimum atomic E-state index is -0.663. The molecule has 0 aliphatic carbocycles. The Morgan fingerprint density at radius 2 is 2.06 bits per heavy atom. The average Bonchev–Trinajstić information content (AvgIpc) is 2.29. The molecule has 1 aromatic heterocycles. The summed E-state index contributed by atoms with van der Waals surface area (Å²) in [4.78, 5) is 10.6. The van der Waals surface area contributed by atoms with Gasteiger partial charge in [-0.25, -0.2) is 4.98 Å². The van der Waals surface area contributed by atoms with Crippen LogP contribution in [0.3, 0.4) is 0 Å². The highest BCUT2D eigenvalue weighted by molar-refractivity contribution is 7.91. The Morgan fingerprint density at radius 1 is 1.38 bits per heavy atom. The summed E-state index contributed by atoms with van der Waals surface area (Å²) in [6, 6.07) is 2.32. The van der Waals surface area contributed by atoms with E-state index in [0.29, 0.717) is 17.5 Å².